The number of hydrogen-bond acceptors (Lipinski definition) is 2. The minimum atomic E-state index is -0.219. The van der Waals surface area contributed by atoms with E-state index >= 15 is 0 Å². The van der Waals surface area contributed by atoms with E-state index in [0.717, 1.165) is 26.9 Å². The Morgan fingerprint density at radius 1 is 1.14 bits per heavy atom. The van der Waals surface area contributed by atoms with Gasteiger partial charge in [-0.15, -0.1) is 0 Å². The molecule has 21 heavy (non-hydrogen) atoms. The number of hydrogen-bond donors (Lipinski definition) is 1. The van der Waals surface area contributed by atoms with Gasteiger partial charge in [0.1, 0.15) is 11.6 Å². The third-order valence-electron chi connectivity index (χ3n) is 3.58. The van der Waals surface area contributed by atoms with E-state index in [9.17, 15) is 4.39 Å². The van der Waals surface area contributed by atoms with Gasteiger partial charge in [-0.05, 0) is 55.8 Å². The Morgan fingerprint density at radius 3 is 2.29 bits per heavy atom. The quantitative estimate of drug-likeness (QED) is 0.873. The molecule has 1 unspecified atom stereocenters. The second-order valence-corrected chi connectivity index (χ2v) is 5.99. The third-order valence-corrected chi connectivity index (χ3v) is 4.07. The Balaban J connectivity index is 2.54. The van der Waals surface area contributed by atoms with Crippen molar-refractivity contribution >= 4 is 15.9 Å². The SMILES string of the molecule is CNC(c1cc(C)c(OC)c(C)c1)c1cc(Br)ccc1F. The maximum Gasteiger partial charge on any atom is 0.128 e. The summed E-state index contributed by atoms with van der Waals surface area (Å²) >= 11 is 3.40. The predicted molar refractivity (Wildman–Crippen MR) is 87.5 cm³/mol. The van der Waals surface area contributed by atoms with Crippen LogP contribution in [0, 0.1) is 19.7 Å². The van der Waals surface area contributed by atoms with Crippen LogP contribution in [0.3, 0.4) is 0 Å². The van der Waals surface area contributed by atoms with Crippen LogP contribution in [0.15, 0.2) is 34.8 Å². The fraction of sp³-hybridized carbons (Fsp3) is 0.294. The van der Waals surface area contributed by atoms with Crippen molar-refractivity contribution in [2.45, 2.75) is 19.9 Å². The summed E-state index contributed by atoms with van der Waals surface area (Å²) in [6, 6.07) is 8.86. The first-order valence-corrected chi connectivity index (χ1v) is 7.54. The number of nitrogens with one attached hydrogen (secondary N) is 1. The molecule has 0 aliphatic heterocycles. The summed E-state index contributed by atoms with van der Waals surface area (Å²) in [7, 11) is 3.50. The number of methoxy groups -OCH3 is 1. The molecular weight excluding hydrogens is 333 g/mol. The van der Waals surface area contributed by atoms with Crippen LogP contribution in [0.1, 0.15) is 28.3 Å². The minimum absolute atomic E-state index is 0.203. The van der Waals surface area contributed by atoms with Gasteiger partial charge in [-0.1, -0.05) is 28.1 Å². The van der Waals surface area contributed by atoms with E-state index < -0.39 is 0 Å². The Kier molecular flexibility index (Phi) is 5.01. The fourth-order valence-corrected chi connectivity index (χ4v) is 3.09. The second kappa shape index (κ2) is 6.58. The largest absolute Gasteiger partial charge is 0.496 e. The zero-order valence-corrected chi connectivity index (χ0v) is 14.2. The monoisotopic (exact) mass is 351 g/mol. The molecule has 0 aliphatic rings. The summed E-state index contributed by atoms with van der Waals surface area (Å²) in [5, 5.41) is 3.19. The van der Waals surface area contributed by atoms with E-state index in [0.29, 0.717) is 5.56 Å². The van der Waals surface area contributed by atoms with Crippen molar-refractivity contribution in [3.05, 3.63) is 62.9 Å². The lowest BCUT2D eigenvalue weighted by Gasteiger charge is -2.21. The van der Waals surface area contributed by atoms with Crippen molar-refractivity contribution in [3.63, 3.8) is 0 Å². The third kappa shape index (κ3) is 3.27. The van der Waals surface area contributed by atoms with Gasteiger partial charge in [-0.2, -0.15) is 0 Å². The molecule has 2 rings (SSSR count). The highest BCUT2D eigenvalue weighted by Gasteiger charge is 2.18. The average molecular weight is 352 g/mol. The first-order valence-electron chi connectivity index (χ1n) is 6.75. The van der Waals surface area contributed by atoms with Crippen LogP contribution in [0.25, 0.3) is 0 Å². The van der Waals surface area contributed by atoms with Crippen molar-refractivity contribution in [2.75, 3.05) is 14.2 Å². The van der Waals surface area contributed by atoms with Gasteiger partial charge in [0.2, 0.25) is 0 Å². The molecule has 112 valence electrons. The maximum atomic E-state index is 14.2. The normalized spacial score (nSPS) is 12.3. The summed E-state index contributed by atoms with van der Waals surface area (Å²) in [5.74, 6) is 0.659. The Morgan fingerprint density at radius 2 is 1.76 bits per heavy atom. The molecule has 2 nitrogen and oxygen atoms in total. The van der Waals surface area contributed by atoms with Gasteiger partial charge in [0.25, 0.3) is 0 Å². The van der Waals surface area contributed by atoms with E-state index in [2.05, 4.69) is 21.2 Å². The molecule has 1 N–H and O–H groups in total. The van der Waals surface area contributed by atoms with Crippen molar-refractivity contribution in [1.82, 2.24) is 5.32 Å². The zero-order chi connectivity index (χ0) is 15.6. The Labute approximate surface area is 133 Å². The first kappa shape index (κ1) is 16.0. The second-order valence-electron chi connectivity index (χ2n) is 5.08. The van der Waals surface area contributed by atoms with Gasteiger partial charge in [0.05, 0.1) is 13.2 Å². The van der Waals surface area contributed by atoms with Gasteiger partial charge in [-0.3, -0.25) is 0 Å². The lowest BCUT2D eigenvalue weighted by Crippen LogP contribution is -2.19. The van der Waals surface area contributed by atoms with Crippen LogP contribution in [0.5, 0.6) is 5.75 Å². The van der Waals surface area contributed by atoms with Crippen LogP contribution in [-0.4, -0.2) is 14.2 Å². The van der Waals surface area contributed by atoms with Crippen molar-refractivity contribution in [1.29, 1.82) is 0 Å². The molecule has 0 spiro atoms. The van der Waals surface area contributed by atoms with Gasteiger partial charge in [0.15, 0.2) is 0 Å². The number of halogens is 2. The van der Waals surface area contributed by atoms with Gasteiger partial charge in [0, 0.05) is 10.0 Å². The van der Waals surface area contributed by atoms with E-state index in [4.69, 9.17) is 4.74 Å². The van der Waals surface area contributed by atoms with E-state index in [1.807, 2.05) is 39.1 Å². The summed E-state index contributed by atoms with van der Waals surface area (Å²) in [6.07, 6.45) is 0. The van der Waals surface area contributed by atoms with Crippen molar-refractivity contribution in [3.8, 4) is 5.75 Å². The molecule has 0 radical (unpaired) electrons. The minimum Gasteiger partial charge on any atom is -0.496 e. The Bertz CT molecular complexity index is 634. The maximum absolute atomic E-state index is 14.2. The highest BCUT2D eigenvalue weighted by atomic mass is 79.9. The van der Waals surface area contributed by atoms with Gasteiger partial charge in [-0.25, -0.2) is 4.39 Å². The van der Waals surface area contributed by atoms with Crippen LogP contribution in [0.4, 0.5) is 4.39 Å². The lowest BCUT2D eigenvalue weighted by atomic mass is 9.95. The molecular formula is C17H19BrFNO. The summed E-state index contributed by atoms with van der Waals surface area (Å²) in [4.78, 5) is 0. The van der Waals surface area contributed by atoms with Crippen molar-refractivity contribution in [2.24, 2.45) is 0 Å². The Hall–Kier alpha value is -1.39. The van der Waals surface area contributed by atoms with Gasteiger partial charge >= 0.3 is 0 Å². The fourth-order valence-electron chi connectivity index (χ4n) is 2.71. The smallest absolute Gasteiger partial charge is 0.128 e. The molecule has 0 fully saturated rings. The van der Waals surface area contributed by atoms with Crippen LogP contribution < -0.4 is 10.1 Å². The van der Waals surface area contributed by atoms with E-state index in [1.54, 1.807) is 13.2 Å². The molecule has 0 aromatic heterocycles. The number of rotatable bonds is 4. The molecule has 1 atom stereocenters. The predicted octanol–water partition coefficient (Wildman–Crippen LogP) is 4.52. The first-order chi connectivity index (χ1) is 9.97. The zero-order valence-electron chi connectivity index (χ0n) is 12.6. The molecule has 0 amide bonds. The van der Waals surface area contributed by atoms with E-state index in [-0.39, 0.29) is 11.9 Å². The topological polar surface area (TPSA) is 21.3 Å². The van der Waals surface area contributed by atoms with E-state index in [1.165, 1.54) is 6.07 Å². The molecule has 2 aromatic carbocycles. The van der Waals surface area contributed by atoms with Crippen LogP contribution in [0.2, 0.25) is 0 Å². The van der Waals surface area contributed by atoms with Crippen molar-refractivity contribution < 1.29 is 9.13 Å². The van der Waals surface area contributed by atoms with Crippen LogP contribution in [-0.2, 0) is 0 Å². The lowest BCUT2D eigenvalue weighted by molar-refractivity contribution is 0.408. The average Bonchev–Trinajstić information content (AvgIpc) is 2.43. The number of benzene rings is 2. The standard InChI is InChI=1S/C17H19BrFNO/c1-10-7-12(8-11(2)17(10)21-4)16(20-3)14-9-13(18)5-6-15(14)19/h5-9,16,20H,1-4H3. The van der Waals surface area contributed by atoms with Crippen LogP contribution >= 0.6 is 15.9 Å². The molecule has 2 aromatic rings. The molecule has 0 saturated carbocycles. The summed E-state index contributed by atoms with van der Waals surface area (Å²) < 4.78 is 20.4. The van der Waals surface area contributed by atoms with Gasteiger partial charge < -0.3 is 10.1 Å². The summed E-state index contributed by atoms with van der Waals surface area (Å²) in [5.41, 5.74) is 3.73. The molecule has 0 saturated heterocycles. The summed E-state index contributed by atoms with van der Waals surface area (Å²) in [6.45, 7) is 4.00. The molecule has 0 aliphatic carbocycles. The number of ether oxygens (including phenoxy) is 1. The molecule has 4 heteroatoms. The number of aryl methyl sites for hydroxylation is 2. The molecule has 0 heterocycles. The molecule has 0 bridgehead atoms. The highest BCUT2D eigenvalue weighted by molar-refractivity contribution is 9.10. The highest BCUT2D eigenvalue weighted by Crippen LogP contribution is 2.32.